The first kappa shape index (κ1) is 18.3. The molecule has 4 rings (SSSR count). The molecule has 1 saturated heterocycles. The number of hydrogen-bond donors (Lipinski definition) is 0. The second-order valence-electron chi connectivity index (χ2n) is 6.58. The zero-order valence-electron chi connectivity index (χ0n) is 14.7. The van der Waals surface area contributed by atoms with E-state index in [4.69, 9.17) is 9.73 Å². The van der Waals surface area contributed by atoms with E-state index < -0.39 is 9.84 Å². The standard InChI is InChI=1S/C19H19FN2O3S2/c1-25-18-5-3-2-4-16(18)22-17-12-27(23,24)11-15(17)21-19(22)26-10-13-6-8-14(20)9-7-13/h2-9,15,17H,10-12H2,1H3/t15-,17-/m1/s1. The van der Waals surface area contributed by atoms with Gasteiger partial charge in [0.2, 0.25) is 0 Å². The third-order valence-electron chi connectivity index (χ3n) is 4.73. The van der Waals surface area contributed by atoms with Crippen LogP contribution in [0.1, 0.15) is 5.56 Å². The number of hydrogen-bond acceptors (Lipinski definition) is 6. The number of rotatable bonds is 4. The third-order valence-corrected chi connectivity index (χ3v) is 7.47. The fraction of sp³-hybridized carbons (Fsp3) is 0.316. The Morgan fingerprint density at radius 1 is 1.19 bits per heavy atom. The summed E-state index contributed by atoms with van der Waals surface area (Å²) >= 11 is 1.53. The molecule has 0 bridgehead atoms. The van der Waals surface area contributed by atoms with Crippen molar-refractivity contribution in [1.82, 2.24) is 0 Å². The molecular weight excluding hydrogens is 387 g/mol. The van der Waals surface area contributed by atoms with Crippen molar-refractivity contribution in [2.45, 2.75) is 17.8 Å². The van der Waals surface area contributed by atoms with Gasteiger partial charge in [-0.15, -0.1) is 0 Å². The molecule has 27 heavy (non-hydrogen) atoms. The van der Waals surface area contributed by atoms with Crippen LogP contribution in [0.25, 0.3) is 0 Å². The van der Waals surface area contributed by atoms with Crippen LogP contribution in [-0.2, 0) is 15.6 Å². The van der Waals surface area contributed by atoms with Crippen molar-refractivity contribution in [2.75, 3.05) is 23.5 Å². The summed E-state index contributed by atoms with van der Waals surface area (Å²) in [6, 6.07) is 13.4. The highest BCUT2D eigenvalue weighted by molar-refractivity contribution is 8.13. The third kappa shape index (κ3) is 3.68. The number of aliphatic imine (C=N–C) groups is 1. The van der Waals surface area contributed by atoms with Crippen LogP contribution in [0.15, 0.2) is 53.5 Å². The molecule has 0 saturated carbocycles. The Bertz CT molecular complexity index is 977. The van der Waals surface area contributed by atoms with Crippen molar-refractivity contribution >= 4 is 32.5 Å². The van der Waals surface area contributed by atoms with E-state index >= 15 is 0 Å². The van der Waals surface area contributed by atoms with Crippen LogP contribution in [0.5, 0.6) is 5.75 Å². The topological polar surface area (TPSA) is 59.0 Å². The molecule has 2 heterocycles. The molecule has 1 fully saturated rings. The van der Waals surface area contributed by atoms with Crippen molar-refractivity contribution in [1.29, 1.82) is 0 Å². The fourth-order valence-corrected chi connectivity index (χ4v) is 6.39. The van der Waals surface area contributed by atoms with Gasteiger partial charge in [-0.1, -0.05) is 36.0 Å². The van der Waals surface area contributed by atoms with Crippen molar-refractivity contribution in [3.63, 3.8) is 0 Å². The maximum absolute atomic E-state index is 13.1. The van der Waals surface area contributed by atoms with Gasteiger partial charge < -0.3 is 9.64 Å². The average molecular weight is 407 g/mol. The summed E-state index contributed by atoms with van der Waals surface area (Å²) in [6.07, 6.45) is 0. The Morgan fingerprint density at radius 2 is 1.93 bits per heavy atom. The summed E-state index contributed by atoms with van der Waals surface area (Å²) < 4.78 is 42.8. The molecule has 2 atom stereocenters. The van der Waals surface area contributed by atoms with E-state index in [0.717, 1.165) is 16.4 Å². The van der Waals surface area contributed by atoms with Crippen LogP contribution >= 0.6 is 11.8 Å². The van der Waals surface area contributed by atoms with Gasteiger partial charge in [0.1, 0.15) is 11.6 Å². The predicted molar refractivity (Wildman–Crippen MR) is 107 cm³/mol. The molecule has 142 valence electrons. The number of thioether (sulfide) groups is 1. The minimum Gasteiger partial charge on any atom is -0.495 e. The molecule has 0 N–H and O–H groups in total. The lowest BCUT2D eigenvalue weighted by Crippen LogP contribution is -2.39. The highest BCUT2D eigenvalue weighted by atomic mass is 32.2. The lowest BCUT2D eigenvalue weighted by atomic mass is 10.1. The van der Waals surface area contributed by atoms with E-state index in [9.17, 15) is 12.8 Å². The van der Waals surface area contributed by atoms with Crippen LogP contribution in [0.2, 0.25) is 0 Å². The van der Waals surface area contributed by atoms with Crippen LogP contribution in [-0.4, -0.2) is 44.3 Å². The number of benzene rings is 2. The molecule has 5 nitrogen and oxygen atoms in total. The Hall–Kier alpha value is -2.06. The molecule has 2 aliphatic heterocycles. The predicted octanol–water partition coefficient (Wildman–Crippen LogP) is 3.11. The van der Waals surface area contributed by atoms with Crippen molar-refractivity contribution < 1.29 is 17.5 Å². The molecule has 2 aromatic rings. The van der Waals surface area contributed by atoms with E-state index in [1.807, 2.05) is 29.2 Å². The van der Waals surface area contributed by atoms with E-state index in [0.29, 0.717) is 11.5 Å². The lowest BCUT2D eigenvalue weighted by Gasteiger charge is -2.27. The smallest absolute Gasteiger partial charge is 0.164 e. The van der Waals surface area contributed by atoms with Crippen LogP contribution < -0.4 is 9.64 Å². The van der Waals surface area contributed by atoms with Gasteiger partial charge in [-0.25, -0.2) is 12.8 Å². The second kappa shape index (κ2) is 7.16. The van der Waals surface area contributed by atoms with Gasteiger partial charge in [-0.2, -0.15) is 0 Å². The van der Waals surface area contributed by atoms with E-state index in [2.05, 4.69) is 0 Å². The Balaban J connectivity index is 1.64. The van der Waals surface area contributed by atoms with E-state index in [1.165, 1.54) is 23.9 Å². The lowest BCUT2D eigenvalue weighted by molar-refractivity contribution is 0.415. The summed E-state index contributed by atoms with van der Waals surface area (Å²) in [5.74, 6) is 1.19. The number of fused-ring (bicyclic) bond motifs is 1. The molecule has 0 unspecified atom stereocenters. The molecule has 0 aliphatic carbocycles. The van der Waals surface area contributed by atoms with Crippen LogP contribution in [0.3, 0.4) is 0 Å². The molecule has 0 amide bonds. The van der Waals surface area contributed by atoms with Crippen molar-refractivity contribution in [3.8, 4) is 5.75 Å². The Morgan fingerprint density at radius 3 is 2.67 bits per heavy atom. The van der Waals surface area contributed by atoms with Crippen molar-refractivity contribution in [2.24, 2.45) is 4.99 Å². The minimum absolute atomic E-state index is 0.0733. The largest absolute Gasteiger partial charge is 0.495 e. The molecular formula is C19H19FN2O3S2. The number of nitrogens with zero attached hydrogens (tertiary/aromatic N) is 2. The number of amidine groups is 1. The molecule has 8 heteroatoms. The van der Waals surface area contributed by atoms with Gasteiger partial charge in [-0.05, 0) is 29.8 Å². The molecule has 2 aliphatic rings. The number of halogens is 1. The second-order valence-corrected chi connectivity index (χ2v) is 9.68. The fourth-order valence-electron chi connectivity index (χ4n) is 3.47. The first-order chi connectivity index (χ1) is 13.0. The SMILES string of the molecule is COc1ccccc1N1C(SCc2ccc(F)cc2)=N[C@@H]2CS(=O)(=O)C[C@H]21. The van der Waals surface area contributed by atoms with Gasteiger partial charge in [-0.3, -0.25) is 4.99 Å². The normalized spacial score (nSPS) is 23.2. The zero-order chi connectivity index (χ0) is 19.0. The maximum Gasteiger partial charge on any atom is 0.164 e. The first-order valence-corrected chi connectivity index (χ1v) is 11.4. The summed E-state index contributed by atoms with van der Waals surface area (Å²) in [6.45, 7) is 0. The minimum atomic E-state index is -3.10. The zero-order valence-corrected chi connectivity index (χ0v) is 16.3. The van der Waals surface area contributed by atoms with E-state index in [-0.39, 0.29) is 29.4 Å². The van der Waals surface area contributed by atoms with Crippen molar-refractivity contribution in [3.05, 3.63) is 59.9 Å². The van der Waals surface area contributed by atoms with Gasteiger partial charge in [0.15, 0.2) is 15.0 Å². The number of methoxy groups -OCH3 is 1. The quantitative estimate of drug-likeness (QED) is 0.781. The number of sulfone groups is 1. The number of anilines is 1. The van der Waals surface area contributed by atoms with E-state index in [1.54, 1.807) is 19.2 Å². The van der Waals surface area contributed by atoms with Gasteiger partial charge in [0.05, 0.1) is 36.4 Å². The highest BCUT2D eigenvalue weighted by Gasteiger charge is 2.47. The molecule has 0 spiro atoms. The van der Waals surface area contributed by atoms with Gasteiger partial charge in [0, 0.05) is 5.75 Å². The van der Waals surface area contributed by atoms with Crippen LogP contribution in [0.4, 0.5) is 10.1 Å². The summed E-state index contributed by atoms with van der Waals surface area (Å²) in [4.78, 5) is 6.70. The highest BCUT2D eigenvalue weighted by Crippen LogP contribution is 2.39. The molecule has 2 aromatic carbocycles. The summed E-state index contributed by atoms with van der Waals surface area (Å²) in [5, 5.41) is 0.772. The van der Waals surface area contributed by atoms with Crippen LogP contribution in [0, 0.1) is 5.82 Å². The van der Waals surface area contributed by atoms with Gasteiger partial charge in [0.25, 0.3) is 0 Å². The summed E-state index contributed by atoms with van der Waals surface area (Å²) in [7, 11) is -1.50. The molecule has 0 radical (unpaired) electrons. The Kier molecular flexibility index (Phi) is 4.86. The summed E-state index contributed by atoms with van der Waals surface area (Å²) in [5.41, 5.74) is 1.80. The maximum atomic E-state index is 13.1. The number of para-hydroxylation sites is 2. The Labute approximate surface area is 162 Å². The first-order valence-electron chi connectivity index (χ1n) is 8.54. The number of ether oxygens (including phenoxy) is 1. The average Bonchev–Trinajstić information content (AvgIpc) is 3.12. The monoisotopic (exact) mass is 406 g/mol. The van der Waals surface area contributed by atoms with Gasteiger partial charge >= 0.3 is 0 Å². The molecule has 0 aromatic heterocycles.